The smallest absolute Gasteiger partial charge is 0.295 e. The van der Waals surface area contributed by atoms with Crippen molar-refractivity contribution in [3.05, 3.63) is 101 Å². The van der Waals surface area contributed by atoms with E-state index in [1.807, 2.05) is 6.07 Å². The van der Waals surface area contributed by atoms with Crippen molar-refractivity contribution in [3.63, 3.8) is 0 Å². The van der Waals surface area contributed by atoms with Crippen LogP contribution in [0.4, 0.5) is 44.4 Å². The van der Waals surface area contributed by atoms with Gasteiger partial charge < -0.3 is 10.6 Å². The molecule has 0 bridgehead atoms. The Hall–Kier alpha value is -6.27. The molecule has 0 aliphatic heterocycles. The summed E-state index contributed by atoms with van der Waals surface area (Å²) in [6, 6.07) is 19.7. The van der Waals surface area contributed by atoms with Gasteiger partial charge in [-0.1, -0.05) is 28.5 Å². The number of nitrogens with one attached hydrogen (secondary N) is 2. The van der Waals surface area contributed by atoms with Crippen molar-refractivity contribution in [2.75, 3.05) is 10.6 Å². The van der Waals surface area contributed by atoms with Gasteiger partial charge in [0.2, 0.25) is 0 Å². The van der Waals surface area contributed by atoms with E-state index in [0.717, 1.165) is 23.5 Å². The molecule has 26 heteroatoms. The Morgan fingerprint density at radius 1 is 0.726 bits per heavy atom. The zero-order valence-corrected chi connectivity index (χ0v) is 35.7. The van der Waals surface area contributed by atoms with Crippen LogP contribution >= 0.6 is 23.4 Å². The lowest BCUT2D eigenvalue weighted by molar-refractivity contribution is -0.432. The number of hydrogen-bond donors (Lipinski definition) is 6. The molecule has 0 aliphatic rings. The highest BCUT2D eigenvalue weighted by Crippen LogP contribution is 2.43. The molecule has 62 heavy (non-hydrogen) atoms. The van der Waals surface area contributed by atoms with Crippen molar-refractivity contribution in [1.82, 2.24) is 4.98 Å². The molecule has 6 aromatic rings. The Kier molecular flexibility index (Phi) is 13.1. The topological polar surface area (TPSA) is 336 Å². The van der Waals surface area contributed by atoms with Gasteiger partial charge in [-0.2, -0.15) is 35.8 Å². The van der Waals surface area contributed by atoms with Gasteiger partial charge >= 0.3 is 0 Å². The van der Waals surface area contributed by atoms with Crippen LogP contribution in [0.5, 0.6) is 0 Å². The number of thiophene rings is 1. The molecule has 21 nitrogen and oxygen atoms in total. The lowest BCUT2D eigenvalue weighted by atomic mass is 10.1. The second-order valence-electron chi connectivity index (χ2n) is 12.7. The van der Waals surface area contributed by atoms with E-state index in [-0.39, 0.29) is 69.8 Å². The van der Waals surface area contributed by atoms with Crippen molar-refractivity contribution in [3.8, 4) is 12.1 Å². The van der Waals surface area contributed by atoms with Crippen LogP contribution in [-0.4, -0.2) is 49.2 Å². The highest BCUT2D eigenvalue weighted by molar-refractivity contribution is 7.94. The van der Waals surface area contributed by atoms with Crippen LogP contribution < -0.4 is 10.6 Å². The summed E-state index contributed by atoms with van der Waals surface area (Å²) in [4.78, 5) is 3.63. The monoisotopic (exact) mass is 937 g/mol. The third-order valence-corrected chi connectivity index (χ3v) is 12.8. The van der Waals surface area contributed by atoms with E-state index in [0.29, 0.717) is 39.9 Å². The number of fused-ring (bicyclic) bond motifs is 1. The summed E-state index contributed by atoms with van der Waals surface area (Å²) in [6.07, 6.45) is 0. The number of anilines is 4. The summed E-state index contributed by atoms with van der Waals surface area (Å²) in [6.45, 7) is 4.65. The van der Waals surface area contributed by atoms with Gasteiger partial charge in [0.25, 0.3) is 30.4 Å². The number of hydrogen-bond acceptors (Lipinski definition) is 20. The van der Waals surface area contributed by atoms with E-state index in [4.69, 9.17) is 5.26 Å². The van der Waals surface area contributed by atoms with Gasteiger partial charge in [-0.3, -0.25) is 13.7 Å². The number of aryl methyl sites for hydroxylation is 2. The zero-order chi connectivity index (χ0) is 45.1. The average molecular weight is 938 g/mol. The molecule has 0 saturated carbocycles. The highest BCUT2D eigenvalue weighted by Gasteiger charge is 2.22. The first-order chi connectivity index (χ1) is 29.2. The molecule has 0 aliphatic carbocycles. The largest absolute Gasteiger partial charge is 0.339 e. The third-order valence-electron chi connectivity index (χ3n) is 8.68. The number of nitriles is 2. The van der Waals surface area contributed by atoms with Gasteiger partial charge in [-0.05, 0) is 97.9 Å². The highest BCUT2D eigenvalue weighted by atomic mass is 32.2. The Bertz CT molecular complexity index is 3290. The molecule has 2 aromatic heterocycles. The van der Waals surface area contributed by atoms with Crippen LogP contribution in [0.2, 0.25) is 0 Å². The molecule has 0 amide bonds. The third kappa shape index (κ3) is 10.1. The minimum absolute atomic E-state index is 0.00369. The fourth-order valence-electron chi connectivity index (χ4n) is 5.75. The van der Waals surface area contributed by atoms with E-state index < -0.39 is 35.2 Å². The summed E-state index contributed by atoms with van der Waals surface area (Å²) >= 11 is 1.39. The first-order valence-corrected chi connectivity index (χ1v) is 22.8. The summed E-state index contributed by atoms with van der Waals surface area (Å²) in [7, 11) is -13.8. The van der Waals surface area contributed by atoms with Crippen LogP contribution in [-0.2, 0) is 39.7 Å². The van der Waals surface area contributed by atoms with Crippen LogP contribution in [0.15, 0.2) is 113 Å². The van der Waals surface area contributed by atoms with Crippen molar-refractivity contribution in [1.29, 1.82) is 10.5 Å². The lowest BCUT2D eigenvalue weighted by Gasteiger charge is -2.17. The van der Waals surface area contributed by atoms with Gasteiger partial charge in [-0.25, -0.2) is 10.2 Å². The van der Waals surface area contributed by atoms with E-state index >= 15 is 0 Å². The molecule has 4 aromatic carbocycles. The molecule has 0 radical (unpaired) electrons. The molecule has 0 saturated heterocycles. The van der Waals surface area contributed by atoms with Crippen LogP contribution in [0.1, 0.15) is 27.8 Å². The second kappa shape index (κ2) is 18.0. The molecular formula is C36H27N9O12S5. The number of azo groups is 2. The first-order valence-electron chi connectivity index (χ1n) is 16.9. The second-order valence-corrected chi connectivity index (χ2v) is 18.7. The lowest BCUT2D eigenvalue weighted by Crippen LogP contribution is -2.06. The fraction of sp³-hybridized carbons (Fsp3) is 0.0833. The molecule has 0 atom stereocenters. The summed E-state index contributed by atoms with van der Waals surface area (Å²) < 4.78 is 105. The van der Waals surface area contributed by atoms with Gasteiger partial charge in [0, 0.05) is 27.2 Å². The van der Waals surface area contributed by atoms with Crippen LogP contribution in [0.25, 0.3) is 10.8 Å². The molecule has 0 spiro atoms. The van der Waals surface area contributed by atoms with Gasteiger partial charge in [0.05, 0.1) is 38.6 Å². The molecule has 0 fully saturated rings. The number of nitrogens with zero attached hydrogens (tertiary/aromatic N) is 7. The van der Waals surface area contributed by atoms with Crippen molar-refractivity contribution in [2.24, 2.45) is 20.5 Å². The Labute approximate surface area is 360 Å². The minimum Gasteiger partial charge on any atom is -0.339 e. The summed E-state index contributed by atoms with van der Waals surface area (Å²) in [5, 5.41) is 56.2. The summed E-state index contributed by atoms with van der Waals surface area (Å²) in [5.41, 5.74) is 1.58. The molecule has 318 valence electrons. The molecular weight excluding hydrogens is 911 g/mol. The number of aromatic nitrogens is 1. The van der Waals surface area contributed by atoms with Crippen molar-refractivity contribution < 1.29 is 53.5 Å². The van der Waals surface area contributed by atoms with Gasteiger partial charge in [0.1, 0.15) is 27.7 Å². The van der Waals surface area contributed by atoms with Crippen molar-refractivity contribution >= 4 is 109 Å². The molecule has 6 rings (SSSR count). The quantitative estimate of drug-likeness (QED) is 0.0194. The van der Waals surface area contributed by atoms with Crippen LogP contribution in [0, 0.1) is 43.4 Å². The van der Waals surface area contributed by atoms with E-state index in [2.05, 4.69) is 51.5 Å². The molecule has 0 unspecified atom stereocenters. The van der Waals surface area contributed by atoms with E-state index in [1.165, 1.54) is 67.6 Å². The maximum atomic E-state index is 12.1. The predicted octanol–water partition coefficient (Wildman–Crippen LogP) is 9.45. The Morgan fingerprint density at radius 3 is 1.90 bits per heavy atom. The van der Waals surface area contributed by atoms with E-state index in [1.54, 1.807) is 13.8 Å². The van der Waals surface area contributed by atoms with Crippen LogP contribution in [0.3, 0.4) is 0 Å². The SMILES string of the molecule is Cc1cc(S(=O)(=O)O)ccc1Nc1nc(Nc2ccc(S(=O)(=O)O)cc2C)c(/N=N/c2sc(/N=N/c3cc(SOOO)c4cccc(S(=O)(=O)O)c4c3)cc2C#N)c(C)c1C#N. The predicted molar refractivity (Wildman–Crippen MR) is 224 cm³/mol. The fourth-order valence-corrected chi connectivity index (χ4v) is 8.87. The molecule has 2 heterocycles. The number of pyridine rings is 1. The normalized spacial score (nSPS) is 12.2. The first kappa shape index (κ1) is 45.3. The Balaban J connectivity index is 1.42. The average Bonchev–Trinajstić information content (AvgIpc) is 3.61. The zero-order valence-electron chi connectivity index (χ0n) is 31.7. The van der Waals surface area contributed by atoms with E-state index in [9.17, 15) is 49.4 Å². The maximum absolute atomic E-state index is 12.1. The number of rotatable bonds is 14. The summed E-state index contributed by atoms with van der Waals surface area (Å²) in [5.74, 6) is -0.0465. The van der Waals surface area contributed by atoms with Gasteiger partial charge in [0.15, 0.2) is 16.6 Å². The van der Waals surface area contributed by atoms with Crippen molar-refractivity contribution in [2.45, 2.75) is 40.4 Å². The number of benzene rings is 4. The minimum atomic E-state index is -4.69. The standard InChI is InChI=1S/C36H27N9O12S5/c1-18-11-23(60(47,48)49)7-9-28(18)39-34-27(17-38)20(3)33(35(41-34)40-29-10-8-24(12-19(29)2)61(50,51)52)44-45-36-21(16-37)13-32(58-36)43-42-22-14-26-25(30(15-22)59-57-56-46)5-4-6-31(26)62(53,54)55/h4-15,46H,1-3H3,(H2,39,40,41)(H,47,48,49)(H,50,51,52)(H,53,54,55)/b43-42+,45-44+. The maximum Gasteiger partial charge on any atom is 0.295 e. The molecule has 6 N–H and O–H groups in total. The van der Waals surface area contributed by atoms with Gasteiger partial charge in [-0.15, -0.1) is 24.8 Å². The Morgan fingerprint density at radius 2 is 1.35 bits per heavy atom.